The van der Waals surface area contributed by atoms with Gasteiger partial charge < -0.3 is 15.2 Å². The minimum Gasteiger partial charge on any atom is -0.504 e. The van der Waals surface area contributed by atoms with Gasteiger partial charge in [0.2, 0.25) is 0 Å². The third kappa shape index (κ3) is 4.64. The zero-order valence-electron chi connectivity index (χ0n) is 15.2. The average molecular weight is 416 g/mol. The van der Waals surface area contributed by atoms with E-state index < -0.39 is 21.7 Å². The standard InChI is InChI=1S/C20H17FN2O5S/c1-28-19-10-9-14(12-18(19)24)22-20(25)13-5-4-6-15(11-13)29(26,27)23-17-8-3-2-7-16(17)21/h2-12,23-24H,1H3,(H,22,25). The number of anilines is 2. The number of hydrogen-bond acceptors (Lipinski definition) is 5. The largest absolute Gasteiger partial charge is 0.504 e. The zero-order chi connectivity index (χ0) is 21.0. The SMILES string of the molecule is COc1ccc(NC(=O)c2cccc(S(=O)(=O)Nc3ccccc3F)c2)cc1O. The molecule has 3 rings (SSSR count). The van der Waals surface area contributed by atoms with Crippen LogP contribution in [0.5, 0.6) is 11.5 Å². The van der Waals surface area contributed by atoms with Crippen molar-refractivity contribution in [1.82, 2.24) is 0 Å². The number of carbonyl (C=O) groups is 1. The first-order valence-corrected chi connectivity index (χ1v) is 9.84. The molecule has 9 heteroatoms. The Balaban J connectivity index is 1.82. The number of sulfonamides is 1. The third-order valence-electron chi connectivity index (χ3n) is 3.96. The molecule has 3 aromatic rings. The van der Waals surface area contributed by atoms with E-state index in [-0.39, 0.29) is 27.6 Å². The number of carbonyl (C=O) groups excluding carboxylic acids is 1. The van der Waals surface area contributed by atoms with Gasteiger partial charge >= 0.3 is 0 Å². The number of phenols is 1. The molecule has 1 amide bonds. The molecule has 0 aromatic heterocycles. The van der Waals surface area contributed by atoms with Crippen LogP contribution in [-0.2, 0) is 10.0 Å². The van der Waals surface area contributed by atoms with Crippen molar-refractivity contribution in [2.75, 3.05) is 17.1 Å². The molecule has 0 spiro atoms. The summed E-state index contributed by atoms with van der Waals surface area (Å²) in [6, 6.07) is 15.0. The Morgan fingerprint density at radius 3 is 2.48 bits per heavy atom. The number of rotatable bonds is 6. The molecule has 0 bridgehead atoms. The molecule has 0 aliphatic rings. The summed E-state index contributed by atoms with van der Waals surface area (Å²) in [6.07, 6.45) is 0. The summed E-state index contributed by atoms with van der Waals surface area (Å²) in [6.45, 7) is 0. The number of methoxy groups -OCH3 is 1. The number of benzene rings is 3. The fraction of sp³-hybridized carbons (Fsp3) is 0.0500. The second kappa shape index (κ2) is 8.19. The molecule has 3 N–H and O–H groups in total. The van der Waals surface area contributed by atoms with Crippen LogP contribution in [0.15, 0.2) is 71.6 Å². The zero-order valence-corrected chi connectivity index (χ0v) is 16.0. The first-order chi connectivity index (χ1) is 13.8. The van der Waals surface area contributed by atoms with Crippen molar-refractivity contribution < 1.29 is 27.4 Å². The number of nitrogens with one attached hydrogen (secondary N) is 2. The lowest BCUT2D eigenvalue weighted by Crippen LogP contribution is -2.16. The van der Waals surface area contributed by atoms with Crippen LogP contribution < -0.4 is 14.8 Å². The van der Waals surface area contributed by atoms with E-state index in [0.717, 1.165) is 6.07 Å². The molecule has 29 heavy (non-hydrogen) atoms. The maximum absolute atomic E-state index is 13.8. The van der Waals surface area contributed by atoms with Gasteiger partial charge in [0.25, 0.3) is 15.9 Å². The molecule has 7 nitrogen and oxygen atoms in total. The summed E-state index contributed by atoms with van der Waals surface area (Å²) < 4.78 is 45.9. The fourth-order valence-electron chi connectivity index (χ4n) is 2.52. The van der Waals surface area contributed by atoms with E-state index in [1.807, 2.05) is 0 Å². The highest BCUT2D eigenvalue weighted by Gasteiger charge is 2.18. The van der Waals surface area contributed by atoms with E-state index in [1.165, 1.54) is 67.8 Å². The number of halogens is 1. The number of para-hydroxylation sites is 1. The monoisotopic (exact) mass is 416 g/mol. The lowest BCUT2D eigenvalue weighted by molar-refractivity contribution is 0.102. The first-order valence-electron chi connectivity index (χ1n) is 8.36. The Morgan fingerprint density at radius 2 is 1.79 bits per heavy atom. The highest BCUT2D eigenvalue weighted by molar-refractivity contribution is 7.92. The van der Waals surface area contributed by atoms with E-state index >= 15 is 0 Å². The van der Waals surface area contributed by atoms with E-state index in [2.05, 4.69) is 10.0 Å². The second-order valence-corrected chi connectivity index (χ2v) is 7.64. The maximum atomic E-state index is 13.8. The molecule has 3 aromatic carbocycles. The molecule has 0 saturated heterocycles. The fourth-order valence-corrected chi connectivity index (χ4v) is 3.64. The number of phenolic OH excluding ortho intramolecular Hbond substituents is 1. The quantitative estimate of drug-likeness (QED) is 0.570. The van der Waals surface area contributed by atoms with Gasteiger partial charge in [-0.1, -0.05) is 18.2 Å². The lowest BCUT2D eigenvalue weighted by atomic mass is 10.2. The predicted octanol–water partition coefficient (Wildman–Crippen LogP) is 3.59. The summed E-state index contributed by atoms with van der Waals surface area (Å²) in [7, 11) is -2.71. The van der Waals surface area contributed by atoms with Gasteiger partial charge in [0.1, 0.15) is 5.82 Å². The number of ether oxygens (including phenoxy) is 1. The Kier molecular flexibility index (Phi) is 5.69. The van der Waals surface area contributed by atoms with Crippen LogP contribution >= 0.6 is 0 Å². The van der Waals surface area contributed by atoms with Crippen molar-refractivity contribution in [1.29, 1.82) is 0 Å². The van der Waals surface area contributed by atoms with Gasteiger partial charge in [-0.3, -0.25) is 9.52 Å². The first kappa shape index (κ1) is 20.2. The Morgan fingerprint density at radius 1 is 1.03 bits per heavy atom. The smallest absolute Gasteiger partial charge is 0.262 e. The Hall–Kier alpha value is -3.59. The van der Waals surface area contributed by atoms with E-state index in [0.29, 0.717) is 5.69 Å². The highest BCUT2D eigenvalue weighted by atomic mass is 32.2. The van der Waals surface area contributed by atoms with Gasteiger partial charge in [-0.15, -0.1) is 0 Å². The van der Waals surface area contributed by atoms with Crippen molar-refractivity contribution in [2.45, 2.75) is 4.90 Å². The van der Waals surface area contributed by atoms with E-state index in [4.69, 9.17) is 4.74 Å². The second-order valence-electron chi connectivity index (χ2n) is 5.95. The number of amides is 1. The van der Waals surface area contributed by atoms with Crippen LogP contribution in [0, 0.1) is 5.82 Å². The number of hydrogen-bond donors (Lipinski definition) is 3. The van der Waals surface area contributed by atoms with Gasteiger partial charge in [0.15, 0.2) is 11.5 Å². The minimum atomic E-state index is -4.11. The van der Waals surface area contributed by atoms with Gasteiger partial charge in [-0.05, 0) is 42.5 Å². The van der Waals surface area contributed by atoms with Gasteiger partial charge in [0, 0.05) is 17.3 Å². The van der Waals surface area contributed by atoms with Crippen LogP contribution in [0.4, 0.5) is 15.8 Å². The molecular weight excluding hydrogens is 399 g/mol. The molecule has 0 atom stereocenters. The highest BCUT2D eigenvalue weighted by Crippen LogP contribution is 2.29. The van der Waals surface area contributed by atoms with Crippen LogP contribution in [0.3, 0.4) is 0 Å². The average Bonchev–Trinajstić information content (AvgIpc) is 2.70. The summed E-state index contributed by atoms with van der Waals surface area (Å²) in [5.41, 5.74) is 0.166. The van der Waals surface area contributed by atoms with Gasteiger partial charge in [-0.25, -0.2) is 12.8 Å². The summed E-state index contributed by atoms with van der Waals surface area (Å²) in [5, 5.41) is 12.4. The molecule has 0 aliphatic heterocycles. The third-order valence-corrected chi connectivity index (χ3v) is 5.32. The topological polar surface area (TPSA) is 105 Å². The van der Waals surface area contributed by atoms with Crippen molar-refractivity contribution in [3.63, 3.8) is 0 Å². The Labute approximate surface area is 166 Å². The Bertz CT molecular complexity index is 1170. The van der Waals surface area contributed by atoms with Crippen LogP contribution in [0.2, 0.25) is 0 Å². The normalized spacial score (nSPS) is 11.0. The summed E-state index contributed by atoms with van der Waals surface area (Å²) in [4.78, 5) is 12.3. The molecule has 0 unspecified atom stereocenters. The van der Waals surface area contributed by atoms with Crippen LogP contribution in [0.25, 0.3) is 0 Å². The molecule has 0 fully saturated rings. The minimum absolute atomic E-state index is 0.0664. The van der Waals surface area contributed by atoms with Crippen molar-refractivity contribution in [2.24, 2.45) is 0 Å². The molecule has 150 valence electrons. The molecular formula is C20H17FN2O5S. The number of aromatic hydroxyl groups is 1. The van der Waals surface area contributed by atoms with Gasteiger partial charge in [0.05, 0.1) is 17.7 Å². The molecule has 0 radical (unpaired) electrons. The van der Waals surface area contributed by atoms with Crippen LogP contribution in [-0.4, -0.2) is 26.5 Å². The predicted molar refractivity (Wildman–Crippen MR) is 106 cm³/mol. The van der Waals surface area contributed by atoms with Crippen LogP contribution in [0.1, 0.15) is 10.4 Å². The summed E-state index contributed by atoms with van der Waals surface area (Å²) in [5.74, 6) is -1.21. The van der Waals surface area contributed by atoms with E-state index in [1.54, 1.807) is 0 Å². The lowest BCUT2D eigenvalue weighted by Gasteiger charge is -2.11. The summed E-state index contributed by atoms with van der Waals surface area (Å²) >= 11 is 0. The molecule has 0 heterocycles. The molecule has 0 saturated carbocycles. The van der Waals surface area contributed by atoms with Crippen molar-refractivity contribution >= 4 is 27.3 Å². The van der Waals surface area contributed by atoms with Gasteiger partial charge in [-0.2, -0.15) is 0 Å². The van der Waals surface area contributed by atoms with E-state index in [9.17, 15) is 22.7 Å². The van der Waals surface area contributed by atoms with Crippen molar-refractivity contribution in [3.8, 4) is 11.5 Å². The maximum Gasteiger partial charge on any atom is 0.262 e. The molecule has 0 aliphatic carbocycles. The van der Waals surface area contributed by atoms with Crippen molar-refractivity contribution in [3.05, 3.63) is 78.1 Å².